The predicted molar refractivity (Wildman–Crippen MR) is 56.0 cm³/mol. The summed E-state index contributed by atoms with van der Waals surface area (Å²) in [7, 11) is -1.86. The van der Waals surface area contributed by atoms with Crippen molar-refractivity contribution in [3.63, 3.8) is 0 Å². The number of hydrogen-bond acceptors (Lipinski definition) is 2. The minimum absolute atomic E-state index is 0.665. The first-order chi connectivity index (χ1) is 6.22. The maximum absolute atomic E-state index is 11.3. The summed E-state index contributed by atoms with van der Waals surface area (Å²) < 4.78 is 16.5. The number of rotatable bonds is 4. The summed E-state index contributed by atoms with van der Waals surface area (Å²) in [4.78, 5) is 0. The first kappa shape index (κ1) is 10.3. The van der Waals surface area contributed by atoms with Gasteiger partial charge >= 0.3 is 0 Å². The SMILES string of the molecule is CCC[PH](=O)Oc1ccc(C)cc1. The summed E-state index contributed by atoms with van der Waals surface area (Å²) in [5, 5.41) is 0. The Kier molecular flexibility index (Phi) is 4.04. The number of aryl methyl sites for hydroxylation is 1. The second kappa shape index (κ2) is 5.08. The molecule has 0 saturated heterocycles. The van der Waals surface area contributed by atoms with Crippen LogP contribution in [-0.4, -0.2) is 6.16 Å². The Morgan fingerprint density at radius 3 is 2.46 bits per heavy atom. The van der Waals surface area contributed by atoms with Crippen molar-refractivity contribution in [2.24, 2.45) is 0 Å². The topological polar surface area (TPSA) is 26.3 Å². The Bertz CT molecular complexity index is 279. The molecule has 1 aromatic rings. The predicted octanol–water partition coefficient (Wildman–Crippen LogP) is 3.26. The van der Waals surface area contributed by atoms with E-state index in [0.29, 0.717) is 11.9 Å². The van der Waals surface area contributed by atoms with Crippen molar-refractivity contribution in [2.45, 2.75) is 20.3 Å². The first-order valence-electron chi connectivity index (χ1n) is 4.49. The van der Waals surface area contributed by atoms with Crippen LogP contribution in [0.4, 0.5) is 0 Å². The maximum Gasteiger partial charge on any atom is 0.236 e. The molecular weight excluding hydrogens is 183 g/mol. The average Bonchev–Trinajstić information content (AvgIpc) is 2.09. The molecule has 2 nitrogen and oxygen atoms in total. The van der Waals surface area contributed by atoms with E-state index in [1.165, 1.54) is 5.56 Å². The lowest BCUT2D eigenvalue weighted by Gasteiger charge is -2.04. The molecule has 3 heteroatoms. The summed E-state index contributed by atoms with van der Waals surface area (Å²) in [6.07, 6.45) is 1.57. The molecule has 0 radical (unpaired) electrons. The van der Waals surface area contributed by atoms with Gasteiger partial charge in [0.15, 0.2) is 0 Å². The Morgan fingerprint density at radius 1 is 1.31 bits per heavy atom. The molecule has 0 N–H and O–H groups in total. The molecule has 0 fully saturated rings. The Hall–Kier alpha value is -0.750. The number of benzene rings is 1. The van der Waals surface area contributed by atoms with Gasteiger partial charge in [0.2, 0.25) is 8.03 Å². The lowest BCUT2D eigenvalue weighted by molar-refractivity contribution is 0.504. The van der Waals surface area contributed by atoms with Gasteiger partial charge in [-0.25, -0.2) is 0 Å². The lowest BCUT2D eigenvalue weighted by Crippen LogP contribution is -1.84. The molecule has 0 spiro atoms. The Labute approximate surface area is 79.8 Å². The fraction of sp³-hybridized carbons (Fsp3) is 0.400. The lowest BCUT2D eigenvalue weighted by atomic mass is 10.2. The van der Waals surface area contributed by atoms with Crippen LogP contribution >= 0.6 is 8.03 Å². The van der Waals surface area contributed by atoms with Crippen LogP contribution in [-0.2, 0) is 4.57 Å². The summed E-state index contributed by atoms with van der Waals surface area (Å²) in [5.74, 6) is 0.711. The van der Waals surface area contributed by atoms with Crippen molar-refractivity contribution in [3.05, 3.63) is 29.8 Å². The molecule has 1 unspecified atom stereocenters. The van der Waals surface area contributed by atoms with E-state index < -0.39 is 8.03 Å². The minimum Gasteiger partial charge on any atom is -0.445 e. The van der Waals surface area contributed by atoms with Crippen LogP contribution in [0.1, 0.15) is 18.9 Å². The fourth-order valence-electron chi connectivity index (χ4n) is 0.993. The van der Waals surface area contributed by atoms with E-state index in [0.717, 1.165) is 6.42 Å². The monoisotopic (exact) mass is 198 g/mol. The zero-order chi connectivity index (χ0) is 9.68. The van der Waals surface area contributed by atoms with E-state index in [-0.39, 0.29) is 0 Å². The molecule has 0 saturated carbocycles. The third kappa shape index (κ3) is 3.65. The van der Waals surface area contributed by atoms with Crippen LogP contribution in [0.25, 0.3) is 0 Å². The zero-order valence-corrected chi connectivity index (χ0v) is 9.04. The summed E-state index contributed by atoms with van der Waals surface area (Å²) >= 11 is 0. The van der Waals surface area contributed by atoms with Crippen molar-refractivity contribution in [3.8, 4) is 5.75 Å². The Morgan fingerprint density at radius 2 is 1.92 bits per heavy atom. The van der Waals surface area contributed by atoms with Crippen LogP contribution < -0.4 is 4.52 Å². The third-order valence-electron chi connectivity index (χ3n) is 1.71. The van der Waals surface area contributed by atoms with E-state index >= 15 is 0 Å². The van der Waals surface area contributed by atoms with E-state index in [9.17, 15) is 4.57 Å². The molecule has 0 aliphatic heterocycles. The van der Waals surface area contributed by atoms with Gasteiger partial charge < -0.3 is 4.52 Å². The highest BCUT2D eigenvalue weighted by molar-refractivity contribution is 7.39. The highest BCUT2D eigenvalue weighted by Crippen LogP contribution is 2.27. The molecule has 13 heavy (non-hydrogen) atoms. The van der Waals surface area contributed by atoms with Crippen LogP contribution in [0.5, 0.6) is 5.75 Å². The molecule has 0 aromatic heterocycles. The third-order valence-corrected chi connectivity index (χ3v) is 3.08. The molecule has 1 rings (SSSR count). The van der Waals surface area contributed by atoms with E-state index in [4.69, 9.17) is 4.52 Å². The van der Waals surface area contributed by atoms with Gasteiger partial charge in [-0.1, -0.05) is 24.6 Å². The quantitative estimate of drug-likeness (QED) is 0.694. The molecular formula is C10H15O2P. The normalized spacial score (nSPS) is 12.5. The van der Waals surface area contributed by atoms with Gasteiger partial charge in [0, 0.05) is 6.16 Å². The van der Waals surface area contributed by atoms with Gasteiger partial charge in [0.25, 0.3) is 0 Å². The molecule has 0 heterocycles. The summed E-state index contributed by atoms with van der Waals surface area (Å²) in [5.41, 5.74) is 1.18. The molecule has 0 amide bonds. The van der Waals surface area contributed by atoms with E-state index in [1.54, 1.807) is 0 Å². The van der Waals surface area contributed by atoms with E-state index in [1.807, 2.05) is 38.1 Å². The average molecular weight is 198 g/mol. The number of hydrogen-bond donors (Lipinski definition) is 0. The van der Waals surface area contributed by atoms with Crippen molar-refractivity contribution in [1.29, 1.82) is 0 Å². The highest BCUT2D eigenvalue weighted by atomic mass is 31.1. The molecule has 1 aromatic carbocycles. The Balaban J connectivity index is 2.54. The zero-order valence-electron chi connectivity index (χ0n) is 8.04. The second-order valence-electron chi connectivity index (χ2n) is 3.04. The molecule has 1 atom stereocenters. The van der Waals surface area contributed by atoms with Gasteiger partial charge in [-0.15, -0.1) is 0 Å². The molecule has 0 bridgehead atoms. The first-order valence-corrected chi connectivity index (χ1v) is 6.02. The summed E-state index contributed by atoms with van der Waals surface area (Å²) in [6.45, 7) is 4.01. The van der Waals surface area contributed by atoms with Gasteiger partial charge in [-0.2, -0.15) is 0 Å². The van der Waals surface area contributed by atoms with Crippen LogP contribution in [0.15, 0.2) is 24.3 Å². The van der Waals surface area contributed by atoms with Crippen LogP contribution in [0, 0.1) is 6.92 Å². The maximum atomic E-state index is 11.3. The van der Waals surface area contributed by atoms with Crippen molar-refractivity contribution in [1.82, 2.24) is 0 Å². The second-order valence-corrected chi connectivity index (χ2v) is 4.49. The van der Waals surface area contributed by atoms with Gasteiger partial charge in [0.05, 0.1) is 0 Å². The van der Waals surface area contributed by atoms with Crippen LogP contribution in [0.3, 0.4) is 0 Å². The smallest absolute Gasteiger partial charge is 0.236 e. The van der Waals surface area contributed by atoms with Gasteiger partial charge in [0.1, 0.15) is 5.75 Å². The van der Waals surface area contributed by atoms with Crippen molar-refractivity contribution < 1.29 is 9.09 Å². The van der Waals surface area contributed by atoms with Crippen molar-refractivity contribution >= 4 is 8.03 Å². The molecule has 0 aliphatic rings. The van der Waals surface area contributed by atoms with Crippen molar-refractivity contribution in [2.75, 3.05) is 6.16 Å². The standard InChI is InChI=1S/C10H15O2P/c1-3-8-13(11)12-10-6-4-9(2)5-7-10/h4-7,13H,3,8H2,1-2H3. The molecule has 72 valence electrons. The van der Waals surface area contributed by atoms with E-state index in [2.05, 4.69) is 0 Å². The minimum atomic E-state index is -1.86. The van der Waals surface area contributed by atoms with Gasteiger partial charge in [-0.3, -0.25) is 4.57 Å². The highest BCUT2D eigenvalue weighted by Gasteiger charge is 1.99. The van der Waals surface area contributed by atoms with Crippen LogP contribution in [0.2, 0.25) is 0 Å². The van der Waals surface area contributed by atoms with Gasteiger partial charge in [-0.05, 0) is 25.5 Å². The summed E-state index contributed by atoms with van der Waals surface area (Å²) in [6, 6.07) is 7.62. The molecule has 0 aliphatic carbocycles. The fourth-order valence-corrected chi connectivity index (χ4v) is 1.90. The largest absolute Gasteiger partial charge is 0.445 e.